The third-order valence-corrected chi connectivity index (χ3v) is 3.98. The van der Waals surface area contributed by atoms with E-state index in [2.05, 4.69) is 55.2 Å². The number of methoxy groups -OCH3 is 1. The fraction of sp³-hybridized carbons (Fsp3) is 0.364. The molecule has 0 heterocycles. The summed E-state index contributed by atoms with van der Waals surface area (Å²) in [7, 11) is 1.69. The monoisotopic (exact) mass is 306 g/mol. The smallest absolute Gasteiger partial charge is 0.118 e. The third-order valence-electron chi connectivity index (χ3n) is 3.98. The molecule has 0 aliphatic carbocycles. The predicted octanol–water partition coefficient (Wildman–Crippen LogP) is 5.80. The zero-order chi connectivity index (χ0) is 16.3. The van der Waals surface area contributed by atoms with E-state index in [4.69, 9.17) is 4.74 Å². The fourth-order valence-electron chi connectivity index (χ4n) is 2.62. The SMILES string of the molecule is CCCCCCC#CC(c1ccccc1)c1ccc(OC)cc1. The summed E-state index contributed by atoms with van der Waals surface area (Å²) in [4.78, 5) is 0. The molecule has 0 spiro atoms. The first-order valence-electron chi connectivity index (χ1n) is 8.52. The first-order valence-corrected chi connectivity index (χ1v) is 8.52. The van der Waals surface area contributed by atoms with Gasteiger partial charge in [0.05, 0.1) is 13.0 Å². The molecule has 0 aliphatic heterocycles. The third kappa shape index (κ3) is 5.49. The lowest BCUT2D eigenvalue weighted by atomic mass is 9.91. The summed E-state index contributed by atoms with van der Waals surface area (Å²) in [5.74, 6) is 7.88. The highest BCUT2D eigenvalue weighted by Crippen LogP contribution is 2.25. The highest BCUT2D eigenvalue weighted by atomic mass is 16.5. The second-order valence-electron chi connectivity index (χ2n) is 5.75. The molecule has 0 saturated carbocycles. The van der Waals surface area contributed by atoms with Crippen LogP contribution in [-0.4, -0.2) is 7.11 Å². The van der Waals surface area contributed by atoms with Gasteiger partial charge in [0.1, 0.15) is 5.75 Å². The van der Waals surface area contributed by atoms with Gasteiger partial charge in [0, 0.05) is 6.42 Å². The van der Waals surface area contributed by atoms with Crippen molar-refractivity contribution in [3.8, 4) is 17.6 Å². The Kier molecular flexibility index (Phi) is 7.27. The predicted molar refractivity (Wildman–Crippen MR) is 97.8 cm³/mol. The summed E-state index contributed by atoms with van der Waals surface area (Å²) in [6.45, 7) is 2.24. The Morgan fingerprint density at radius 1 is 0.870 bits per heavy atom. The molecular formula is C22H26O. The fourth-order valence-corrected chi connectivity index (χ4v) is 2.62. The molecule has 2 aromatic rings. The van der Waals surface area contributed by atoms with E-state index in [0.717, 1.165) is 12.2 Å². The Morgan fingerprint density at radius 3 is 2.22 bits per heavy atom. The van der Waals surface area contributed by atoms with Crippen molar-refractivity contribution >= 4 is 0 Å². The Hall–Kier alpha value is -2.20. The van der Waals surface area contributed by atoms with Crippen molar-refractivity contribution in [3.05, 3.63) is 65.7 Å². The standard InChI is InChI=1S/C22H26O/c1-3-4-5-6-7-11-14-22(19-12-9-8-10-13-19)20-15-17-21(23-2)18-16-20/h8-10,12-13,15-18,22H,3-7H2,1-2H3. The van der Waals surface area contributed by atoms with E-state index in [-0.39, 0.29) is 5.92 Å². The molecule has 0 aliphatic rings. The van der Waals surface area contributed by atoms with Crippen LogP contribution in [0, 0.1) is 11.8 Å². The minimum atomic E-state index is 0.133. The summed E-state index contributed by atoms with van der Waals surface area (Å²) in [6.07, 6.45) is 6.04. The summed E-state index contributed by atoms with van der Waals surface area (Å²) < 4.78 is 5.25. The van der Waals surface area contributed by atoms with Crippen LogP contribution >= 0.6 is 0 Å². The summed E-state index contributed by atoms with van der Waals surface area (Å²) in [5.41, 5.74) is 2.47. The van der Waals surface area contributed by atoms with Gasteiger partial charge in [0.15, 0.2) is 0 Å². The second-order valence-corrected chi connectivity index (χ2v) is 5.75. The maximum Gasteiger partial charge on any atom is 0.118 e. The van der Waals surface area contributed by atoms with Gasteiger partial charge in [-0.05, 0) is 29.7 Å². The molecule has 0 N–H and O–H groups in total. The van der Waals surface area contributed by atoms with Crippen molar-refractivity contribution in [3.63, 3.8) is 0 Å². The molecule has 2 rings (SSSR count). The van der Waals surface area contributed by atoms with Gasteiger partial charge in [-0.25, -0.2) is 0 Å². The Bertz CT molecular complexity index is 617. The van der Waals surface area contributed by atoms with Gasteiger partial charge in [-0.3, -0.25) is 0 Å². The molecule has 23 heavy (non-hydrogen) atoms. The number of hydrogen-bond donors (Lipinski definition) is 0. The van der Waals surface area contributed by atoms with Crippen molar-refractivity contribution in [1.82, 2.24) is 0 Å². The molecule has 0 saturated heterocycles. The quantitative estimate of drug-likeness (QED) is 0.464. The van der Waals surface area contributed by atoms with Crippen molar-refractivity contribution in [1.29, 1.82) is 0 Å². The average molecular weight is 306 g/mol. The Morgan fingerprint density at radius 2 is 1.57 bits per heavy atom. The molecule has 1 unspecified atom stereocenters. The number of unbranched alkanes of at least 4 members (excludes halogenated alkanes) is 4. The summed E-state index contributed by atoms with van der Waals surface area (Å²) >= 11 is 0. The largest absolute Gasteiger partial charge is 0.497 e. The maximum atomic E-state index is 5.25. The molecule has 0 fully saturated rings. The minimum absolute atomic E-state index is 0.133. The van der Waals surface area contributed by atoms with Gasteiger partial charge in [-0.2, -0.15) is 0 Å². The van der Waals surface area contributed by atoms with Crippen molar-refractivity contribution in [2.45, 2.75) is 44.9 Å². The van der Waals surface area contributed by atoms with Gasteiger partial charge >= 0.3 is 0 Å². The van der Waals surface area contributed by atoms with E-state index < -0.39 is 0 Å². The van der Waals surface area contributed by atoms with Gasteiger partial charge < -0.3 is 4.74 Å². The number of ether oxygens (including phenoxy) is 1. The molecule has 0 radical (unpaired) electrons. The van der Waals surface area contributed by atoms with Gasteiger partial charge in [-0.15, -0.1) is 5.92 Å². The highest BCUT2D eigenvalue weighted by Gasteiger charge is 2.11. The van der Waals surface area contributed by atoms with Crippen LogP contribution in [0.4, 0.5) is 0 Å². The van der Waals surface area contributed by atoms with Gasteiger partial charge in [0.2, 0.25) is 0 Å². The van der Waals surface area contributed by atoms with Crippen LogP contribution in [0.5, 0.6) is 5.75 Å². The van der Waals surface area contributed by atoms with Crippen LogP contribution in [0.15, 0.2) is 54.6 Å². The van der Waals surface area contributed by atoms with Crippen LogP contribution in [0.2, 0.25) is 0 Å². The van der Waals surface area contributed by atoms with E-state index in [9.17, 15) is 0 Å². The topological polar surface area (TPSA) is 9.23 Å². The molecule has 120 valence electrons. The second kappa shape index (κ2) is 9.74. The van der Waals surface area contributed by atoms with Crippen LogP contribution < -0.4 is 4.74 Å². The molecule has 0 amide bonds. The number of rotatable bonds is 7. The zero-order valence-corrected chi connectivity index (χ0v) is 14.2. The van der Waals surface area contributed by atoms with E-state index in [1.54, 1.807) is 7.11 Å². The van der Waals surface area contributed by atoms with E-state index >= 15 is 0 Å². The van der Waals surface area contributed by atoms with Gasteiger partial charge in [-0.1, -0.05) is 74.6 Å². The van der Waals surface area contributed by atoms with Gasteiger partial charge in [0.25, 0.3) is 0 Å². The van der Waals surface area contributed by atoms with E-state index in [1.165, 1.54) is 36.8 Å². The van der Waals surface area contributed by atoms with Crippen LogP contribution in [0.1, 0.15) is 56.1 Å². The van der Waals surface area contributed by atoms with Crippen molar-refractivity contribution in [2.24, 2.45) is 0 Å². The summed E-state index contributed by atoms with van der Waals surface area (Å²) in [6, 6.07) is 18.8. The lowest BCUT2D eigenvalue weighted by Crippen LogP contribution is -1.98. The molecular weight excluding hydrogens is 280 g/mol. The molecule has 1 nitrogen and oxygen atoms in total. The maximum absolute atomic E-state index is 5.25. The number of hydrogen-bond acceptors (Lipinski definition) is 1. The van der Waals surface area contributed by atoms with E-state index in [0.29, 0.717) is 0 Å². The van der Waals surface area contributed by atoms with Crippen LogP contribution in [-0.2, 0) is 0 Å². The lowest BCUT2D eigenvalue weighted by molar-refractivity contribution is 0.414. The first kappa shape index (κ1) is 17.2. The Balaban J connectivity index is 2.14. The van der Waals surface area contributed by atoms with Crippen LogP contribution in [0.3, 0.4) is 0 Å². The molecule has 0 bridgehead atoms. The van der Waals surface area contributed by atoms with Crippen molar-refractivity contribution in [2.75, 3.05) is 7.11 Å². The normalized spacial score (nSPS) is 11.4. The highest BCUT2D eigenvalue weighted by molar-refractivity contribution is 5.42. The molecule has 0 aromatic heterocycles. The van der Waals surface area contributed by atoms with E-state index in [1.807, 2.05) is 18.2 Å². The first-order chi connectivity index (χ1) is 11.3. The minimum Gasteiger partial charge on any atom is -0.497 e. The molecule has 1 atom stereocenters. The summed E-state index contributed by atoms with van der Waals surface area (Å²) in [5, 5.41) is 0. The Labute approximate surface area is 140 Å². The molecule has 2 aromatic carbocycles. The zero-order valence-electron chi connectivity index (χ0n) is 14.2. The lowest BCUT2D eigenvalue weighted by Gasteiger charge is -2.12. The van der Waals surface area contributed by atoms with Crippen molar-refractivity contribution < 1.29 is 4.74 Å². The number of benzene rings is 2. The average Bonchev–Trinajstić information content (AvgIpc) is 2.62. The molecule has 1 heteroatoms. The van der Waals surface area contributed by atoms with Crippen LogP contribution in [0.25, 0.3) is 0 Å².